The van der Waals surface area contributed by atoms with E-state index in [1.807, 2.05) is 12.1 Å². The maximum absolute atomic E-state index is 12.6. The molecule has 2 aromatic rings. The lowest BCUT2D eigenvalue weighted by Gasteiger charge is -2.05. The van der Waals surface area contributed by atoms with Crippen molar-refractivity contribution >= 4 is 11.6 Å². The third kappa shape index (κ3) is 2.97. The fraction of sp³-hybridized carbons (Fsp3) is 0.400. The molecule has 0 amide bonds. The van der Waals surface area contributed by atoms with Gasteiger partial charge in [0.1, 0.15) is 0 Å². The van der Waals surface area contributed by atoms with Gasteiger partial charge in [0.2, 0.25) is 0 Å². The molecule has 0 aliphatic carbocycles. The number of aromatic amines is 1. The number of H-pyrrole nitrogens is 1. The zero-order valence-electron chi connectivity index (χ0n) is 11.8. The first-order chi connectivity index (χ1) is 9.54. The quantitative estimate of drug-likeness (QED) is 0.890. The number of nitrogens with two attached hydrogens (primary N) is 1. The molecule has 0 bridgehead atoms. The Balaban J connectivity index is 2.52. The molecule has 4 nitrogen and oxygen atoms in total. The first-order valence-corrected chi connectivity index (χ1v) is 7.22. The van der Waals surface area contributed by atoms with Gasteiger partial charge in [-0.05, 0) is 43.5 Å². The molecular weight excluding hydrogens is 274 g/mol. The number of nitrogens with zero attached hydrogens (tertiary/aromatic N) is 1. The largest absolute Gasteiger partial charge is 0.330 e. The molecule has 0 unspecified atom stereocenters. The van der Waals surface area contributed by atoms with E-state index < -0.39 is 0 Å². The highest BCUT2D eigenvalue weighted by atomic mass is 35.5. The van der Waals surface area contributed by atoms with Crippen molar-refractivity contribution < 1.29 is 0 Å². The minimum absolute atomic E-state index is 0.00980. The molecule has 0 aliphatic rings. The first-order valence-electron chi connectivity index (χ1n) is 6.84. The van der Waals surface area contributed by atoms with E-state index in [0.29, 0.717) is 18.0 Å². The highest BCUT2D eigenvalue weighted by molar-refractivity contribution is 6.30. The standard InChI is InChI=1S/C15H20ClN3O/c1-10(2)14-13(7-4-8-17)15(20)19(18-14)12-6-3-5-11(16)9-12/h3,5-6,9-10,18H,4,7-8,17H2,1-2H3. The SMILES string of the molecule is CC(C)c1[nH]n(-c2cccc(Cl)c2)c(=O)c1CCCN. The normalized spacial score (nSPS) is 11.2. The summed E-state index contributed by atoms with van der Waals surface area (Å²) in [6, 6.07) is 7.26. The third-order valence-corrected chi connectivity index (χ3v) is 3.53. The molecule has 0 saturated heterocycles. The second-order valence-corrected chi connectivity index (χ2v) is 5.61. The van der Waals surface area contributed by atoms with Crippen molar-refractivity contribution in [3.63, 3.8) is 0 Å². The summed E-state index contributed by atoms with van der Waals surface area (Å²) in [7, 11) is 0. The van der Waals surface area contributed by atoms with Crippen LogP contribution in [0.4, 0.5) is 0 Å². The van der Waals surface area contributed by atoms with Crippen LogP contribution in [0, 0.1) is 0 Å². The lowest BCUT2D eigenvalue weighted by atomic mass is 10.0. The topological polar surface area (TPSA) is 63.8 Å². The zero-order chi connectivity index (χ0) is 14.7. The van der Waals surface area contributed by atoms with E-state index in [0.717, 1.165) is 23.4 Å². The number of rotatable bonds is 5. The summed E-state index contributed by atoms with van der Waals surface area (Å²) >= 11 is 5.99. The summed E-state index contributed by atoms with van der Waals surface area (Å²) in [5, 5.41) is 3.82. The van der Waals surface area contributed by atoms with E-state index in [1.165, 1.54) is 0 Å². The fourth-order valence-corrected chi connectivity index (χ4v) is 2.47. The van der Waals surface area contributed by atoms with Gasteiger partial charge in [0.25, 0.3) is 5.56 Å². The van der Waals surface area contributed by atoms with Crippen LogP contribution in [-0.2, 0) is 6.42 Å². The van der Waals surface area contributed by atoms with Crippen LogP contribution in [0.2, 0.25) is 5.02 Å². The minimum atomic E-state index is -0.00980. The summed E-state index contributed by atoms with van der Waals surface area (Å²) in [4.78, 5) is 12.6. The van der Waals surface area contributed by atoms with Crippen LogP contribution in [-0.4, -0.2) is 16.3 Å². The molecular formula is C15H20ClN3O. The van der Waals surface area contributed by atoms with Crippen LogP contribution < -0.4 is 11.3 Å². The summed E-state index contributed by atoms with van der Waals surface area (Å²) in [6.07, 6.45) is 1.51. The second-order valence-electron chi connectivity index (χ2n) is 5.17. The van der Waals surface area contributed by atoms with E-state index in [-0.39, 0.29) is 11.5 Å². The molecule has 1 heterocycles. The Morgan fingerprint density at radius 3 is 2.75 bits per heavy atom. The molecule has 1 aromatic heterocycles. The van der Waals surface area contributed by atoms with Gasteiger partial charge in [-0.2, -0.15) is 0 Å². The third-order valence-electron chi connectivity index (χ3n) is 3.29. The molecule has 5 heteroatoms. The summed E-state index contributed by atoms with van der Waals surface area (Å²) < 4.78 is 1.56. The number of hydrogen-bond donors (Lipinski definition) is 2. The van der Waals surface area contributed by atoms with E-state index in [1.54, 1.807) is 16.8 Å². The Bertz CT molecular complexity index is 643. The highest BCUT2D eigenvalue weighted by Crippen LogP contribution is 2.19. The smallest absolute Gasteiger partial charge is 0.274 e. The Morgan fingerprint density at radius 2 is 2.15 bits per heavy atom. The predicted molar refractivity (Wildman–Crippen MR) is 82.9 cm³/mol. The number of nitrogens with one attached hydrogen (secondary N) is 1. The van der Waals surface area contributed by atoms with E-state index >= 15 is 0 Å². The van der Waals surface area contributed by atoms with Gasteiger partial charge < -0.3 is 5.73 Å². The maximum atomic E-state index is 12.6. The van der Waals surface area contributed by atoms with Crippen molar-refractivity contribution in [3.05, 3.63) is 50.9 Å². The fourth-order valence-electron chi connectivity index (χ4n) is 2.28. The van der Waals surface area contributed by atoms with Gasteiger partial charge in [-0.25, -0.2) is 4.68 Å². The summed E-state index contributed by atoms with van der Waals surface area (Å²) in [5.74, 6) is 0.260. The van der Waals surface area contributed by atoms with Crippen molar-refractivity contribution in [1.29, 1.82) is 0 Å². The molecule has 3 N–H and O–H groups in total. The lowest BCUT2D eigenvalue weighted by molar-refractivity contribution is 0.751. The van der Waals surface area contributed by atoms with Crippen molar-refractivity contribution in [2.45, 2.75) is 32.6 Å². The predicted octanol–water partition coefficient (Wildman–Crippen LogP) is 2.83. The van der Waals surface area contributed by atoms with Gasteiger partial charge in [-0.15, -0.1) is 0 Å². The Hall–Kier alpha value is -1.52. The minimum Gasteiger partial charge on any atom is -0.330 e. The molecule has 0 radical (unpaired) electrons. The second kappa shape index (κ2) is 6.29. The lowest BCUT2D eigenvalue weighted by Crippen LogP contribution is -2.18. The van der Waals surface area contributed by atoms with Gasteiger partial charge in [0.15, 0.2) is 0 Å². The molecule has 2 rings (SSSR count). The Kier molecular flexibility index (Phi) is 4.68. The van der Waals surface area contributed by atoms with Crippen LogP contribution in [0.15, 0.2) is 29.1 Å². The first kappa shape index (κ1) is 14.9. The van der Waals surface area contributed by atoms with Gasteiger partial charge in [0.05, 0.1) is 5.69 Å². The van der Waals surface area contributed by atoms with Crippen LogP contribution >= 0.6 is 11.6 Å². The Morgan fingerprint density at radius 1 is 1.40 bits per heavy atom. The number of halogens is 1. The number of aromatic nitrogens is 2. The van der Waals surface area contributed by atoms with Crippen LogP contribution in [0.1, 0.15) is 37.4 Å². The van der Waals surface area contributed by atoms with Gasteiger partial charge in [-0.1, -0.05) is 31.5 Å². The van der Waals surface area contributed by atoms with E-state index in [9.17, 15) is 4.79 Å². The van der Waals surface area contributed by atoms with Crippen molar-refractivity contribution in [2.24, 2.45) is 5.73 Å². The van der Waals surface area contributed by atoms with Gasteiger partial charge in [-0.3, -0.25) is 9.89 Å². The van der Waals surface area contributed by atoms with Gasteiger partial charge >= 0.3 is 0 Å². The summed E-state index contributed by atoms with van der Waals surface area (Å²) in [5.41, 5.74) is 8.10. The van der Waals surface area contributed by atoms with Crippen LogP contribution in [0.5, 0.6) is 0 Å². The van der Waals surface area contributed by atoms with E-state index in [4.69, 9.17) is 17.3 Å². The molecule has 0 fully saturated rings. The molecule has 0 saturated carbocycles. The summed E-state index contributed by atoms with van der Waals surface area (Å²) in [6.45, 7) is 4.72. The molecule has 0 aliphatic heterocycles. The number of benzene rings is 1. The molecule has 0 spiro atoms. The van der Waals surface area contributed by atoms with Crippen LogP contribution in [0.3, 0.4) is 0 Å². The van der Waals surface area contributed by atoms with Crippen LogP contribution in [0.25, 0.3) is 5.69 Å². The Labute approximate surface area is 123 Å². The molecule has 1 aromatic carbocycles. The van der Waals surface area contributed by atoms with Gasteiger partial charge in [0, 0.05) is 16.3 Å². The van der Waals surface area contributed by atoms with Crippen molar-refractivity contribution in [2.75, 3.05) is 6.54 Å². The number of hydrogen-bond acceptors (Lipinski definition) is 2. The van der Waals surface area contributed by atoms with Crippen molar-refractivity contribution in [3.8, 4) is 5.69 Å². The van der Waals surface area contributed by atoms with Crippen molar-refractivity contribution in [1.82, 2.24) is 9.78 Å². The zero-order valence-corrected chi connectivity index (χ0v) is 12.6. The monoisotopic (exact) mass is 293 g/mol. The molecule has 20 heavy (non-hydrogen) atoms. The maximum Gasteiger partial charge on any atom is 0.274 e. The molecule has 108 valence electrons. The van der Waals surface area contributed by atoms with E-state index in [2.05, 4.69) is 18.9 Å². The average Bonchev–Trinajstić information content (AvgIpc) is 2.74. The average molecular weight is 294 g/mol. The highest BCUT2D eigenvalue weighted by Gasteiger charge is 2.17. The molecule has 0 atom stereocenters.